The summed E-state index contributed by atoms with van der Waals surface area (Å²) in [5.41, 5.74) is 9.71. The van der Waals surface area contributed by atoms with Crippen molar-refractivity contribution in [1.29, 1.82) is 0 Å². The molecule has 0 aliphatic heterocycles. The van der Waals surface area contributed by atoms with Crippen LogP contribution >= 0.6 is 0 Å². The molecule has 0 nitrogen and oxygen atoms in total. The van der Waals surface area contributed by atoms with Gasteiger partial charge < -0.3 is 24.8 Å². The molecule has 0 radical (unpaired) electrons. The zero-order valence-electron chi connectivity index (χ0n) is 25.0. The van der Waals surface area contributed by atoms with E-state index in [2.05, 4.69) is 104 Å². The molecular formula is C35H48Cl2Zr. The van der Waals surface area contributed by atoms with Crippen molar-refractivity contribution in [2.45, 2.75) is 118 Å². The molecule has 0 amide bonds. The molecule has 0 N–H and O–H groups in total. The van der Waals surface area contributed by atoms with Crippen LogP contribution in [-0.4, -0.2) is 3.21 Å². The van der Waals surface area contributed by atoms with Crippen molar-refractivity contribution in [3.05, 3.63) is 74.1 Å². The van der Waals surface area contributed by atoms with E-state index >= 15 is 0 Å². The van der Waals surface area contributed by atoms with E-state index in [-0.39, 0.29) is 35.6 Å². The third-order valence-corrected chi connectivity index (χ3v) is 16.2. The summed E-state index contributed by atoms with van der Waals surface area (Å²) >= 11 is -2.26. The standard InChI is InChI=1S/C21H25.C9H18.C5H5.2ClH.Zr/c1-20(2,3)16-7-9-18-14(12-16)11-15-13-17(21(4,5)6)8-10-19(15)18;1-3-5-7-9-8-6-4-2;1-2-4-5-3-1;;;/h7-10,12H,11H2,1-6H3;3-8H2,1-2H3;1-3H,4H2;2*1H;/q;;;;;+2/p-2. The maximum atomic E-state index is 2.53. The van der Waals surface area contributed by atoms with Gasteiger partial charge in [0.2, 0.25) is 0 Å². The fourth-order valence-corrected chi connectivity index (χ4v) is 15.4. The number of allylic oxidation sites excluding steroid dienone is 4. The number of unbranched alkanes of at least 4 members (excludes halogenated alkanes) is 2. The first-order valence-electron chi connectivity index (χ1n) is 14.4. The molecule has 38 heavy (non-hydrogen) atoms. The minimum absolute atomic E-state index is 0. The molecule has 0 fully saturated rings. The van der Waals surface area contributed by atoms with Crippen molar-refractivity contribution in [2.75, 3.05) is 0 Å². The van der Waals surface area contributed by atoms with E-state index in [1.165, 1.54) is 61.6 Å². The third kappa shape index (κ3) is 7.11. The summed E-state index contributed by atoms with van der Waals surface area (Å²) in [6.45, 7) is 19.1. The second kappa shape index (κ2) is 13.7. The van der Waals surface area contributed by atoms with E-state index in [0.717, 1.165) is 6.42 Å². The van der Waals surface area contributed by atoms with E-state index < -0.39 is 21.3 Å². The van der Waals surface area contributed by atoms with Crippen LogP contribution in [0.3, 0.4) is 0 Å². The van der Waals surface area contributed by atoms with E-state index in [9.17, 15) is 0 Å². The molecule has 2 aromatic carbocycles. The van der Waals surface area contributed by atoms with Crippen LogP contribution in [0, 0.1) is 0 Å². The van der Waals surface area contributed by atoms with Crippen LogP contribution in [0.15, 0.2) is 51.8 Å². The first-order valence-corrected chi connectivity index (χ1v) is 18.1. The topological polar surface area (TPSA) is 0 Å². The van der Waals surface area contributed by atoms with Gasteiger partial charge in [-0.1, -0.05) is 0 Å². The number of hydrogen-bond acceptors (Lipinski definition) is 0. The number of hydrogen-bond donors (Lipinski definition) is 0. The van der Waals surface area contributed by atoms with Crippen LogP contribution in [-0.2, 0) is 38.5 Å². The van der Waals surface area contributed by atoms with Crippen LogP contribution in [0.2, 0.25) is 0 Å². The predicted octanol–water partition coefficient (Wildman–Crippen LogP) is 3.50. The number of halogens is 2. The van der Waals surface area contributed by atoms with Gasteiger partial charge in [-0.25, -0.2) is 0 Å². The SMILES string of the molecule is CCCC[C](CCCC)=[Zr+2]([C]1=CC=CC1)[c]1c(C(C)(C)C)ccc2c1Cc1cc(C(C)(C)C)ccc1-2.[Cl-].[Cl-]. The van der Waals surface area contributed by atoms with Crippen LogP contribution < -0.4 is 28.1 Å². The monoisotopic (exact) mass is 628 g/mol. The van der Waals surface area contributed by atoms with E-state index in [4.69, 9.17) is 0 Å². The van der Waals surface area contributed by atoms with Gasteiger partial charge >= 0.3 is 231 Å². The molecule has 2 aliphatic rings. The van der Waals surface area contributed by atoms with Crippen molar-refractivity contribution in [3.63, 3.8) is 0 Å². The number of rotatable bonds is 8. The molecule has 0 aromatic heterocycles. The summed E-state index contributed by atoms with van der Waals surface area (Å²) in [7, 11) is 0. The molecule has 0 unspecified atom stereocenters. The minimum Gasteiger partial charge on any atom is -1.00 e. The Kier molecular flexibility index (Phi) is 12.1. The molecule has 0 saturated heterocycles. The molecule has 0 heterocycles. The quantitative estimate of drug-likeness (QED) is 0.358. The molecule has 2 aromatic rings. The summed E-state index contributed by atoms with van der Waals surface area (Å²) in [5.74, 6) is 0. The molecule has 3 heteroatoms. The smallest absolute Gasteiger partial charge is 1.00 e. The van der Waals surface area contributed by atoms with Gasteiger partial charge in [-0.05, 0) is 0 Å². The van der Waals surface area contributed by atoms with Gasteiger partial charge in [-0.2, -0.15) is 0 Å². The zero-order valence-corrected chi connectivity index (χ0v) is 29.0. The number of benzene rings is 2. The molecule has 206 valence electrons. The van der Waals surface area contributed by atoms with E-state index in [1.54, 1.807) is 16.7 Å². The largest absolute Gasteiger partial charge is 1.00 e. The Hall–Kier alpha value is -0.747. The second-order valence-electron chi connectivity index (χ2n) is 13.1. The van der Waals surface area contributed by atoms with Crippen LogP contribution in [0.25, 0.3) is 11.1 Å². The average molecular weight is 631 g/mol. The maximum Gasteiger partial charge on any atom is -1.00 e. The predicted molar refractivity (Wildman–Crippen MR) is 158 cm³/mol. The van der Waals surface area contributed by atoms with E-state index in [0.29, 0.717) is 0 Å². The van der Waals surface area contributed by atoms with Crippen molar-refractivity contribution in [1.82, 2.24) is 0 Å². The van der Waals surface area contributed by atoms with Gasteiger partial charge in [0.15, 0.2) is 0 Å². The average Bonchev–Trinajstić information content (AvgIpc) is 3.47. The normalized spacial score (nSPS) is 13.6. The molecule has 0 spiro atoms. The van der Waals surface area contributed by atoms with Crippen molar-refractivity contribution in [3.8, 4) is 11.1 Å². The molecule has 4 rings (SSSR count). The van der Waals surface area contributed by atoms with Gasteiger partial charge in [0.1, 0.15) is 0 Å². The Bertz CT molecular complexity index is 1210. The van der Waals surface area contributed by atoms with Gasteiger partial charge in [0.05, 0.1) is 0 Å². The number of fused-ring (bicyclic) bond motifs is 3. The summed E-state index contributed by atoms with van der Waals surface area (Å²) in [4.78, 5) is 0. The first kappa shape index (κ1) is 33.5. The molecule has 0 atom stereocenters. The van der Waals surface area contributed by atoms with Gasteiger partial charge in [0.25, 0.3) is 0 Å². The summed E-state index contributed by atoms with van der Waals surface area (Å²) in [5, 5.41) is 0. The Morgan fingerprint density at radius 1 is 0.816 bits per heavy atom. The Morgan fingerprint density at radius 3 is 1.97 bits per heavy atom. The van der Waals surface area contributed by atoms with Crippen molar-refractivity contribution in [2.24, 2.45) is 0 Å². The van der Waals surface area contributed by atoms with Crippen molar-refractivity contribution >= 4 is 6.48 Å². The van der Waals surface area contributed by atoms with Gasteiger partial charge in [-0.3, -0.25) is 0 Å². The van der Waals surface area contributed by atoms with Crippen LogP contribution in [0.1, 0.15) is 123 Å². The van der Waals surface area contributed by atoms with Gasteiger partial charge in [-0.15, -0.1) is 0 Å². The summed E-state index contributed by atoms with van der Waals surface area (Å²) in [6, 6.07) is 12.3. The first-order chi connectivity index (χ1) is 17.1. The third-order valence-electron chi connectivity index (χ3n) is 8.11. The van der Waals surface area contributed by atoms with Crippen LogP contribution in [0.5, 0.6) is 0 Å². The molecular weight excluding hydrogens is 583 g/mol. The molecule has 0 saturated carbocycles. The Labute approximate surface area is 253 Å². The zero-order chi connectivity index (χ0) is 26.1. The molecule has 2 aliphatic carbocycles. The van der Waals surface area contributed by atoms with Crippen molar-refractivity contribution < 1.29 is 46.1 Å². The summed E-state index contributed by atoms with van der Waals surface area (Å²) in [6.07, 6.45) is 17.6. The molecule has 0 bridgehead atoms. The minimum atomic E-state index is -2.26. The second-order valence-corrected chi connectivity index (χ2v) is 19.5. The van der Waals surface area contributed by atoms with Crippen LogP contribution in [0.4, 0.5) is 0 Å². The Balaban J connectivity index is 0.00000253. The summed E-state index contributed by atoms with van der Waals surface area (Å²) < 4.78 is 5.62. The Morgan fingerprint density at radius 2 is 1.45 bits per heavy atom. The van der Waals surface area contributed by atoms with Gasteiger partial charge in [0, 0.05) is 0 Å². The fraction of sp³-hybridized carbons (Fsp3) is 0.514. The fourth-order valence-electron chi connectivity index (χ4n) is 6.01. The van der Waals surface area contributed by atoms with E-state index in [1.807, 2.05) is 9.76 Å². The maximum absolute atomic E-state index is 2.53.